The highest BCUT2D eigenvalue weighted by Crippen LogP contribution is 2.27. The molecule has 1 rings (SSSR count). The van der Waals surface area contributed by atoms with Crippen LogP contribution in [-0.2, 0) is 4.74 Å². The lowest BCUT2D eigenvalue weighted by Gasteiger charge is -2.18. The lowest BCUT2D eigenvalue weighted by Crippen LogP contribution is -2.28. The number of methoxy groups -OCH3 is 1. The summed E-state index contributed by atoms with van der Waals surface area (Å²) >= 11 is 11.9. The van der Waals surface area contributed by atoms with Gasteiger partial charge in [0.25, 0.3) is 0 Å². The molecule has 0 aliphatic heterocycles. The molecule has 0 bridgehead atoms. The van der Waals surface area contributed by atoms with Crippen molar-refractivity contribution in [3.05, 3.63) is 33.8 Å². The fourth-order valence-electron chi connectivity index (χ4n) is 1.59. The highest BCUT2D eigenvalue weighted by Gasteiger charge is 2.12. The van der Waals surface area contributed by atoms with Crippen LogP contribution in [0.1, 0.15) is 31.4 Å². The van der Waals surface area contributed by atoms with Gasteiger partial charge in [-0.3, -0.25) is 11.3 Å². The number of ether oxygens (including phenoxy) is 1. The number of hydrogen-bond acceptors (Lipinski definition) is 3. The Morgan fingerprint density at radius 1 is 1.29 bits per heavy atom. The van der Waals surface area contributed by atoms with E-state index in [9.17, 15) is 0 Å². The predicted molar refractivity (Wildman–Crippen MR) is 72.2 cm³/mol. The fraction of sp³-hybridized carbons (Fsp3) is 0.500. The van der Waals surface area contributed by atoms with Crippen molar-refractivity contribution >= 4 is 23.2 Å². The molecule has 96 valence electrons. The van der Waals surface area contributed by atoms with Crippen LogP contribution in [0.3, 0.4) is 0 Å². The Morgan fingerprint density at radius 2 is 2.00 bits per heavy atom. The minimum absolute atomic E-state index is 0.0577. The molecule has 5 heteroatoms. The number of nitrogens with two attached hydrogens (primary N) is 1. The minimum Gasteiger partial charge on any atom is -0.382 e. The molecule has 3 N–H and O–H groups in total. The number of hydrazine groups is 1. The maximum Gasteiger partial charge on any atom is 0.0595 e. The second-order valence-electron chi connectivity index (χ2n) is 4.02. The van der Waals surface area contributed by atoms with Gasteiger partial charge in [0.1, 0.15) is 0 Å². The number of nitrogens with one attached hydrogen (secondary N) is 1. The van der Waals surface area contributed by atoms with Crippen LogP contribution in [0.4, 0.5) is 0 Å². The molecule has 2 atom stereocenters. The van der Waals surface area contributed by atoms with Gasteiger partial charge in [-0.15, -0.1) is 0 Å². The third-order valence-corrected chi connectivity index (χ3v) is 3.55. The molecular formula is C12H18Cl2N2O. The quantitative estimate of drug-likeness (QED) is 0.619. The first-order valence-corrected chi connectivity index (χ1v) is 6.28. The molecule has 0 aromatic heterocycles. The number of hydrogen-bond donors (Lipinski definition) is 2. The number of rotatable bonds is 6. The van der Waals surface area contributed by atoms with E-state index in [1.54, 1.807) is 13.2 Å². The maximum atomic E-state index is 5.98. The summed E-state index contributed by atoms with van der Waals surface area (Å²) in [5.41, 5.74) is 3.82. The zero-order chi connectivity index (χ0) is 12.8. The summed E-state index contributed by atoms with van der Waals surface area (Å²) in [5.74, 6) is 5.55. The molecule has 0 radical (unpaired) electrons. The number of halogens is 2. The Kier molecular flexibility index (Phi) is 6.23. The molecular weight excluding hydrogens is 259 g/mol. The van der Waals surface area contributed by atoms with Crippen LogP contribution in [0.25, 0.3) is 0 Å². The minimum atomic E-state index is 0.0577. The van der Waals surface area contributed by atoms with Gasteiger partial charge < -0.3 is 4.74 Å². The van der Waals surface area contributed by atoms with Crippen molar-refractivity contribution in [2.24, 2.45) is 5.84 Å². The third-order valence-electron chi connectivity index (χ3n) is 2.81. The van der Waals surface area contributed by atoms with Gasteiger partial charge >= 0.3 is 0 Å². The average Bonchev–Trinajstić information content (AvgIpc) is 2.33. The number of benzene rings is 1. The Bertz CT molecular complexity index is 360. The van der Waals surface area contributed by atoms with E-state index >= 15 is 0 Å². The van der Waals surface area contributed by atoms with Crippen LogP contribution in [0, 0.1) is 0 Å². The zero-order valence-electron chi connectivity index (χ0n) is 10.0. The van der Waals surface area contributed by atoms with Gasteiger partial charge in [0.2, 0.25) is 0 Å². The summed E-state index contributed by atoms with van der Waals surface area (Å²) in [5, 5.41) is 1.10. The SMILES string of the molecule is COC(C)CCC(NN)c1ccc(Cl)c(Cl)c1. The Balaban J connectivity index is 2.69. The van der Waals surface area contributed by atoms with Crippen molar-refractivity contribution in [1.29, 1.82) is 0 Å². The molecule has 0 amide bonds. The Labute approximate surface area is 112 Å². The van der Waals surface area contributed by atoms with Crippen molar-refractivity contribution in [3.63, 3.8) is 0 Å². The summed E-state index contributed by atoms with van der Waals surface area (Å²) in [4.78, 5) is 0. The molecule has 1 aromatic rings. The first-order valence-electron chi connectivity index (χ1n) is 5.52. The van der Waals surface area contributed by atoms with E-state index < -0.39 is 0 Å². The monoisotopic (exact) mass is 276 g/mol. The van der Waals surface area contributed by atoms with E-state index in [0.29, 0.717) is 10.0 Å². The van der Waals surface area contributed by atoms with E-state index in [4.69, 9.17) is 33.8 Å². The molecule has 0 saturated carbocycles. The maximum absolute atomic E-state index is 5.98. The van der Waals surface area contributed by atoms with Crippen molar-refractivity contribution < 1.29 is 4.74 Å². The topological polar surface area (TPSA) is 47.3 Å². The molecule has 0 aliphatic rings. The van der Waals surface area contributed by atoms with Gasteiger partial charge in [-0.05, 0) is 37.5 Å². The lowest BCUT2D eigenvalue weighted by molar-refractivity contribution is 0.106. The van der Waals surface area contributed by atoms with Crippen LogP contribution in [0.2, 0.25) is 10.0 Å². The standard InChI is InChI=1S/C12H18Cl2N2O/c1-8(17-2)3-6-12(16-15)9-4-5-10(13)11(14)7-9/h4-5,7-8,12,16H,3,6,15H2,1-2H3. The van der Waals surface area contributed by atoms with Crippen LogP contribution >= 0.6 is 23.2 Å². The van der Waals surface area contributed by atoms with Gasteiger partial charge in [-0.25, -0.2) is 0 Å². The van der Waals surface area contributed by atoms with Crippen molar-refractivity contribution in [2.75, 3.05) is 7.11 Å². The smallest absolute Gasteiger partial charge is 0.0595 e. The lowest BCUT2D eigenvalue weighted by atomic mass is 10.0. The molecule has 0 spiro atoms. The summed E-state index contributed by atoms with van der Waals surface area (Å²) in [6.07, 6.45) is 2.02. The van der Waals surface area contributed by atoms with Crippen LogP contribution in [0.15, 0.2) is 18.2 Å². The summed E-state index contributed by atoms with van der Waals surface area (Å²) in [7, 11) is 1.70. The van der Waals surface area contributed by atoms with Gasteiger partial charge in [-0.2, -0.15) is 0 Å². The van der Waals surface area contributed by atoms with Gasteiger partial charge in [0, 0.05) is 13.2 Å². The molecule has 2 unspecified atom stereocenters. The molecule has 1 aromatic carbocycles. The van der Waals surface area contributed by atoms with Crippen molar-refractivity contribution in [1.82, 2.24) is 5.43 Å². The summed E-state index contributed by atoms with van der Waals surface area (Å²) in [6.45, 7) is 2.03. The normalized spacial score (nSPS) is 14.6. The first-order chi connectivity index (χ1) is 8.08. The zero-order valence-corrected chi connectivity index (χ0v) is 11.6. The van der Waals surface area contributed by atoms with Gasteiger partial charge in [0.05, 0.1) is 16.1 Å². The highest BCUT2D eigenvalue weighted by molar-refractivity contribution is 6.42. The highest BCUT2D eigenvalue weighted by atomic mass is 35.5. The molecule has 0 saturated heterocycles. The predicted octanol–water partition coefficient (Wildman–Crippen LogP) is 3.31. The average molecular weight is 277 g/mol. The van der Waals surface area contributed by atoms with Crippen molar-refractivity contribution in [2.45, 2.75) is 31.9 Å². The summed E-state index contributed by atoms with van der Waals surface area (Å²) in [6, 6.07) is 5.60. The summed E-state index contributed by atoms with van der Waals surface area (Å²) < 4.78 is 5.21. The molecule has 0 aliphatic carbocycles. The third kappa shape index (κ3) is 4.45. The van der Waals surface area contributed by atoms with E-state index in [0.717, 1.165) is 18.4 Å². The van der Waals surface area contributed by atoms with Crippen LogP contribution in [-0.4, -0.2) is 13.2 Å². The molecule has 0 fully saturated rings. The molecule has 3 nitrogen and oxygen atoms in total. The van der Waals surface area contributed by atoms with E-state index in [1.807, 2.05) is 19.1 Å². The van der Waals surface area contributed by atoms with Gasteiger partial charge in [0.15, 0.2) is 0 Å². The first kappa shape index (κ1) is 14.7. The Morgan fingerprint density at radius 3 is 2.53 bits per heavy atom. The largest absolute Gasteiger partial charge is 0.382 e. The second-order valence-corrected chi connectivity index (χ2v) is 4.83. The van der Waals surface area contributed by atoms with Crippen molar-refractivity contribution in [3.8, 4) is 0 Å². The molecule has 0 heterocycles. The van der Waals surface area contributed by atoms with E-state index in [2.05, 4.69) is 5.43 Å². The van der Waals surface area contributed by atoms with Gasteiger partial charge in [-0.1, -0.05) is 29.3 Å². The van der Waals surface area contributed by atoms with E-state index in [-0.39, 0.29) is 12.1 Å². The molecule has 17 heavy (non-hydrogen) atoms. The van der Waals surface area contributed by atoms with Crippen LogP contribution < -0.4 is 11.3 Å². The fourth-order valence-corrected chi connectivity index (χ4v) is 1.90. The van der Waals surface area contributed by atoms with E-state index in [1.165, 1.54) is 0 Å². The second kappa shape index (κ2) is 7.19. The van der Waals surface area contributed by atoms with Crippen LogP contribution in [0.5, 0.6) is 0 Å². The Hall–Kier alpha value is -0.320.